The molecule has 0 radical (unpaired) electrons. The highest BCUT2D eigenvalue weighted by molar-refractivity contribution is 7.91. The number of alkyl halides is 3. The smallest absolute Gasteiger partial charge is 0.452 e. The molecule has 16 heteroatoms. The molecule has 2 aromatic heterocycles. The Hall–Kier alpha value is -3.47. The third-order valence-electron chi connectivity index (χ3n) is 6.10. The Bertz CT molecular complexity index is 1460. The zero-order chi connectivity index (χ0) is 27.9. The first-order chi connectivity index (χ1) is 17.8. The van der Waals surface area contributed by atoms with Crippen LogP contribution in [0.25, 0.3) is 10.6 Å². The molecule has 1 saturated carbocycles. The number of halogens is 3. The molecule has 0 unspecified atom stereocenters. The van der Waals surface area contributed by atoms with Crippen LogP contribution in [0.5, 0.6) is 0 Å². The van der Waals surface area contributed by atoms with Crippen molar-refractivity contribution in [1.82, 2.24) is 14.9 Å². The number of aliphatic carboxylic acids is 1. The van der Waals surface area contributed by atoms with E-state index in [2.05, 4.69) is 14.4 Å². The summed E-state index contributed by atoms with van der Waals surface area (Å²) in [5.74, 6) is -2.90. The quantitative estimate of drug-likeness (QED) is 0.255. The minimum atomic E-state index is -4.78. The second-order valence-corrected chi connectivity index (χ2v) is 11.4. The van der Waals surface area contributed by atoms with Crippen molar-refractivity contribution in [2.75, 3.05) is 13.2 Å². The molecule has 1 fully saturated rings. The summed E-state index contributed by atoms with van der Waals surface area (Å²) >= 11 is 0.560. The Kier molecular flexibility index (Phi) is 7.02. The Balaban J connectivity index is 1.65. The Morgan fingerprint density at radius 1 is 1.24 bits per heavy atom. The standard InChI is InChI=1S/C22H20F3N3O8S2/c1-2-28(32)19(31)35-12-20(13-6-4-3-5-7-13)11-21(20,18(29)30)27-38(33,34)17-9-8-15(37-17)14-10-16(36-26-14)22(23,24)25/h3-10,27,32H,2,11-12H2,1H3,(H,29,30)/t20-,21+/m1/s1. The molecule has 1 aliphatic carbocycles. The molecule has 3 N–H and O–H groups in total. The Morgan fingerprint density at radius 3 is 2.50 bits per heavy atom. The normalized spacial score (nSPS) is 21.2. The molecular weight excluding hydrogens is 555 g/mol. The highest BCUT2D eigenvalue weighted by Gasteiger charge is 2.75. The summed E-state index contributed by atoms with van der Waals surface area (Å²) in [5.41, 5.74) is -3.54. The van der Waals surface area contributed by atoms with Gasteiger partial charge >= 0.3 is 18.2 Å². The van der Waals surface area contributed by atoms with E-state index in [0.717, 1.165) is 6.07 Å². The first kappa shape index (κ1) is 27.6. The van der Waals surface area contributed by atoms with Gasteiger partial charge in [0.25, 0.3) is 10.0 Å². The maximum absolute atomic E-state index is 13.3. The molecule has 2 atom stereocenters. The fourth-order valence-electron chi connectivity index (χ4n) is 4.02. The van der Waals surface area contributed by atoms with Crippen LogP contribution >= 0.6 is 11.3 Å². The van der Waals surface area contributed by atoms with Crippen molar-refractivity contribution < 1.29 is 50.8 Å². The second-order valence-electron chi connectivity index (χ2n) is 8.40. The summed E-state index contributed by atoms with van der Waals surface area (Å²) in [4.78, 5) is 24.6. The molecule has 1 aromatic carbocycles. The predicted molar refractivity (Wildman–Crippen MR) is 124 cm³/mol. The van der Waals surface area contributed by atoms with E-state index in [9.17, 15) is 41.5 Å². The van der Waals surface area contributed by atoms with Gasteiger partial charge in [0.15, 0.2) is 0 Å². The lowest BCUT2D eigenvalue weighted by Crippen LogP contribution is -2.50. The van der Waals surface area contributed by atoms with Crippen molar-refractivity contribution in [3.05, 3.63) is 59.9 Å². The number of carboxylic acids is 1. The molecule has 204 valence electrons. The van der Waals surface area contributed by atoms with Gasteiger partial charge in [0.05, 0.1) is 10.3 Å². The first-order valence-electron chi connectivity index (χ1n) is 10.9. The van der Waals surface area contributed by atoms with Crippen molar-refractivity contribution >= 4 is 33.4 Å². The third kappa shape index (κ3) is 4.87. The largest absolute Gasteiger partial charge is 0.480 e. The van der Waals surface area contributed by atoms with Gasteiger partial charge < -0.3 is 14.4 Å². The molecule has 38 heavy (non-hydrogen) atoms. The molecule has 3 aromatic rings. The van der Waals surface area contributed by atoms with E-state index in [-0.39, 0.29) is 32.8 Å². The number of benzene rings is 1. The van der Waals surface area contributed by atoms with Crippen LogP contribution in [0.1, 0.15) is 24.7 Å². The lowest BCUT2D eigenvalue weighted by Gasteiger charge is -2.25. The van der Waals surface area contributed by atoms with Crippen LogP contribution in [0.4, 0.5) is 18.0 Å². The molecule has 0 spiro atoms. The fourth-order valence-corrected chi connectivity index (χ4v) is 6.71. The van der Waals surface area contributed by atoms with Crippen LogP contribution in [-0.4, -0.2) is 59.7 Å². The van der Waals surface area contributed by atoms with E-state index in [1.165, 1.54) is 13.0 Å². The molecule has 0 saturated heterocycles. The summed E-state index contributed by atoms with van der Waals surface area (Å²) in [6.45, 7) is 0.792. The van der Waals surface area contributed by atoms with Crippen LogP contribution in [0.3, 0.4) is 0 Å². The number of hydrogen-bond acceptors (Lipinski definition) is 9. The van der Waals surface area contributed by atoms with Gasteiger partial charge in [0.1, 0.15) is 22.0 Å². The molecule has 2 heterocycles. The number of amides is 1. The number of thiophene rings is 1. The van der Waals surface area contributed by atoms with Gasteiger partial charge in [0, 0.05) is 12.6 Å². The van der Waals surface area contributed by atoms with Crippen molar-refractivity contribution in [3.63, 3.8) is 0 Å². The molecule has 1 aliphatic rings. The number of nitrogens with one attached hydrogen (secondary N) is 1. The number of sulfonamides is 1. The molecular formula is C22H20F3N3O8S2. The van der Waals surface area contributed by atoms with Gasteiger partial charge in [-0.1, -0.05) is 35.5 Å². The highest BCUT2D eigenvalue weighted by Crippen LogP contribution is 2.59. The maximum Gasteiger partial charge on any atom is 0.452 e. The number of carboxylic acid groups (broad SMARTS) is 1. The van der Waals surface area contributed by atoms with Crippen molar-refractivity contribution in [2.24, 2.45) is 0 Å². The first-order valence-corrected chi connectivity index (χ1v) is 13.2. The van der Waals surface area contributed by atoms with Gasteiger partial charge in [-0.05, 0) is 31.0 Å². The van der Waals surface area contributed by atoms with E-state index < -0.39 is 51.6 Å². The fraction of sp³-hybridized carbons (Fsp3) is 0.318. The molecule has 0 aliphatic heterocycles. The summed E-state index contributed by atoms with van der Waals surface area (Å²) in [5, 5.41) is 23.3. The van der Waals surface area contributed by atoms with Gasteiger partial charge in [-0.2, -0.15) is 23.0 Å². The molecule has 1 amide bonds. The summed E-state index contributed by atoms with van der Waals surface area (Å²) in [6, 6.07) is 10.9. The Labute approximate surface area is 217 Å². The van der Waals surface area contributed by atoms with Gasteiger partial charge in [-0.25, -0.2) is 13.2 Å². The van der Waals surface area contributed by atoms with E-state index in [1.807, 2.05) is 0 Å². The van der Waals surface area contributed by atoms with Crippen molar-refractivity contribution in [3.8, 4) is 10.6 Å². The van der Waals surface area contributed by atoms with Crippen LogP contribution in [0.15, 0.2) is 57.3 Å². The van der Waals surface area contributed by atoms with E-state index >= 15 is 0 Å². The number of carbonyl (C=O) groups is 2. The average Bonchev–Trinajstić information content (AvgIpc) is 3.24. The van der Waals surface area contributed by atoms with E-state index in [1.54, 1.807) is 30.3 Å². The molecule has 0 bridgehead atoms. The number of nitrogens with zero attached hydrogens (tertiary/aromatic N) is 2. The lowest BCUT2D eigenvalue weighted by atomic mass is 9.91. The number of hydrogen-bond donors (Lipinski definition) is 3. The van der Waals surface area contributed by atoms with Gasteiger partial charge in [0.2, 0.25) is 5.76 Å². The summed E-state index contributed by atoms with van der Waals surface area (Å²) in [6.07, 6.45) is -6.22. The number of rotatable bonds is 9. The van der Waals surface area contributed by atoms with E-state index in [0.29, 0.717) is 23.0 Å². The monoisotopic (exact) mass is 575 g/mol. The SMILES string of the molecule is CCN(O)C(=O)OC[C@@]1(c2ccccc2)C[C@]1(NS(=O)(=O)c1ccc(-c2cc(C(F)(F)F)on2)s1)C(=O)O. The van der Waals surface area contributed by atoms with Crippen LogP contribution in [0.2, 0.25) is 0 Å². The summed E-state index contributed by atoms with van der Waals surface area (Å²) < 4.78 is 76.2. The minimum Gasteiger partial charge on any atom is -0.480 e. The van der Waals surface area contributed by atoms with Crippen LogP contribution in [0, 0.1) is 0 Å². The van der Waals surface area contributed by atoms with Crippen molar-refractivity contribution in [1.29, 1.82) is 0 Å². The minimum absolute atomic E-state index is 0.0376. The van der Waals surface area contributed by atoms with Crippen LogP contribution in [-0.2, 0) is 31.1 Å². The Morgan fingerprint density at radius 2 is 1.92 bits per heavy atom. The van der Waals surface area contributed by atoms with Crippen molar-refractivity contribution in [2.45, 2.75) is 34.7 Å². The zero-order valence-corrected chi connectivity index (χ0v) is 21.1. The summed E-state index contributed by atoms with van der Waals surface area (Å²) in [7, 11) is -4.54. The molecule has 4 rings (SSSR count). The third-order valence-corrected chi connectivity index (χ3v) is 9.19. The highest BCUT2D eigenvalue weighted by atomic mass is 32.2. The number of ether oxygens (including phenoxy) is 1. The van der Waals surface area contributed by atoms with Crippen LogP contribution < -0.4 is 4.72 Å². The number of aromatic nitrogens is 1. The molecule has 11 nitrogen and oxygen atoms in total. The number of carbonyl (C=O) groups excluding carboxylic acids is 1. The zero-order valence-electron chi connectivity index (χ0n) is 19.4. The van der Waals surface area contributed by atoms with E-state index in [4.69, 9.17) is 4.74 Å². The second kappa shape index (κ2) is 9.68. The topological polar surface area (TPSA) is 159 Å². The number of hydroxylamine groups is 2. The predicted octanol–water partition coefficient (Wildman–Crippen LogP) is 3.71. The lowest BCUT2D eigenvalue weighted by molar-refractivity contribution is -0.155. The average molecular weight is 576 g/mol. The van der Waals surface area contributed by atoms with Gasteiger partial charge in [-0.3, -0.25) is 10.0 Å². The maximum atomic E-state index is 13.3. The van der Waals surface area contributed by atoms with Gasteiger partial charge in [-0.15, -0.1) is 11.3 Å².